The quantitative estimate of drug-likeness (QED) is 0.810. The van der Waals surface area contributed by atoms with Crippen molar-refractivity contribution in [2.24, 2.45) is 11.8 Å². The summed E-state index contributed by atoms with van der Waals surface area (Å²) in [6.07, 6.45) is 5.13. The number of carbonyl (C=O) groups is 2. The fraction of sp³-hybridized carbons (Fsp3) is 0.875. The maximum Gasteiger partial charge on any atom is 0.319 e. The number of piperidine rings is 2. The summed E-state index contributed by atoms with van der Waals surface area (Å²) in [5.74, 6) is 0.935. The second-order valence-corrected chi connectivity index (χ2v) is 6.73. The molecule has 2 heterocycles. The zero-order valence-electron chi connectivity index (χ0n) is 13.9. The summed E-state index contributed by atoms with van der Waals surface area (Å²) < 4.78 is 0. The van der Waals surface area contributed by atoms with Crippen LogP contribution in [0.3, 0.4) is 0 Å². The van der Waals surface area contributed by atoms with Crippen molar-refractivity contribution in [3.63, 3.8) is 0 Å². The molecule has 126 valence electrons. The molecule has 0 aliphatic carbocycles. The van der Waals surface area contributed by atoms with Crippen molar-refractivity contribution in [2.75, 3.05) is 46.8 Å². The number of nitrogens with one attached hydrogen (secondary N) is 2. The van der Waals surface area contributed by atoms with Gasteiger partial charge in [0.2, 0.25) is 5.91 Å². The molecule has 0 bridgehead atoms. The predicted octanol–water partition coefficient (Wildman–Crippen LogP) is 0.886. The molecule has 2 saturated heterocycles. The Bertz CT molecular complexity index is 372. The Hall–Kier alpha value is -1.30. The van der Waals surface area contributed by atoms with Crippen molar-refractivity contribution >= 4 is 11.9 Å². The lowest BCUT2D eigenvalue weighted by Crippen LogP contribution is -2.46. The lowest BCUT2D eigenvalue weighted by molar-refractivity contribution is -0.126. The third kappa shape index (κ3) is 4.87. The van der Waals surface area contributed by atoms with Gasteiger partial charge in [-0.15, -0.1) is 0 Å². The third-order valence-corrected chi connectivity index (χ3v) is 4.77. The molecule has 6 heteroatoms. The SMILES string of the molecule is CN(C)C(=O)N1CCC(C(=O)NCCC2CCCNC2)CC1. The number of urea groups is 1. The summed E-state index contributed by atoms with van der Waals surface area (Å²) in [4.78, 5) is 27.5. The maximum absolute atomic E-state index is 12.2. The lowest BCUT2D eigenvalue weighted by Gasteiger charge is -2.33. The first kappa shape index (κ1) is 17.1. The molecule has 2 rings (SSSR count). The van der Waals surface area contributed by atoms with E-state index in [4.69, 9.17) is 0 Å². The summed E-state index contributed by atoms with van der Waals surface area (Å²) in [6.45, 7) is 4.36. The molecule has 1 unspecified atom stereocenters. The van der Waals surface area contributed by atoms with Crippen molar-refractivity contribution < 1.29 is 9.59 Å². The highest BCUT2D eigenvalue weighted by molar-refractivity contribution is 5.79. The molecule has 2 aliphatic heterocycles. The van der Waals surface area contributed by atoms with Crippen LogP contribution in [0.15, 0.2) is 0 Å². The molecule has 1 atom stereocenters. The average molecular weight is 310 g/mol. The summed E-state index contributed by atoms with van der Waals surface area (Å²) in [5, 5.41) is 6.49. The fourth-order valence-electron chi connectivity index (χ4n) is 3.33. The topological polar surface area (TPSA) is 64.7 Å². The minimum Gasteiger partial charge on any atom is -0.356 e. The molecule has 6 nitrogen and oxygen atoms in total. The Kier molecular flexibility index (Phi) is 6.49. The number of rotatable bonds is 4. The Balaban J connectivity index is 1.63. The van der Waals surface area contributed by atoms with Gasteiger partial charge in [0.05, 0.1) is 0 Å². The van der Waals surface area contributed by atoms with Crippen LogP contribution >= 0.6 is 0 Å². The number of carbonyl (C=O) groups excluding carboxylic acids is 2. The normalized spacial score (nSPS) is 23.2. The minimum absolute atomic E-state index is 0.0451. The van der Waals surface area contributed by atoms with Gasteiger partial charge in [-0.05, 0) is 51.1 Å². The molecule has 0 aromatic carbocycles. The number of hydrogen-bond donors (Lipinski definition) is 2. The highest BCUT2D eigenvalue weighted by Crippen LogP contribution is 2.18. The van der Waals surface area contributed by atoms with Crippen LogP contribution in [0, 0.1) is 11.8 Å². The second-order valence-electron chi connectivity index (χ2n) is 6.73. The zero-order chi connectivity index (χ0) is 15.9. The average Bonchev–Trinajstić information content (AvgIpc) is 2.55. The molecular weight excluding hydrogens is 280 g/mol. The number of nitrogens with zero attached hydrogens (tertiary/aromatic N) is 2. The molecule has 0 radical (unpaired) electrons. The minimum atomic E-state index is 0.0451. The van der Waals surface area contributed by atoms with Crippen LogP contribution in [0.5, 0.6) is 0 Å². The van der Waals surface area contributed by atoms with Crippen LogP contribution in [-0.2, 0) is 4.79 Å². The molecule has 2 aliphatic rings. The van der Waals surface area contributed by atoms with Gasteiger partial charge in [0.15, 0.2) is 0 Å². The standard InChI is InChI=1S/C16H30N4O2/c1-19(2)16(22)20-10-6-14(7-11-20)15(21)18-9-5-13-4-3-8-17-12-13/h13-14,17H,3-12H2,1-2H3,(H,18,21). The maximum atomic E-state index is 12.2. The molecule has 2 fully saturated rings. The van der Waals surface area contributed by atoms with Gasteiger partial charge in [0.1, 0.15) is 0 Å². The van der Waals surface area contributed by atoms with Crippen molar-refractivity contribution in [1.29, 1.82) is 0 Å². The van der Waals surface area contributed by atoms with Crippen LogP contribution in [0.4, 0.5) is 4.79 Å². The van der Waals surface area contributed by atoms with Crippen LogP contribution in [-0.4, -0.2) is 68.6 Å². The van der Waals surface area contributed by atoms with E-state index in [-0.39, 0.29) is 17.9 Å². The smallest absolute Gasteiger partial charge is 0.319 e. The van der Waals surface area contributed by atoms with Gasteiger partial charge in [-0.25, -0.2) is 4.79 Å². The fourth-order valence-corrected chi connectivity index (χ4v) is 3.33. The van der Waals surface area contributed by atoms with Gasteiger partial charge in [-0.3, -0.25) is 4.79 Å². The number of amides is 3. The Morgan fingerprint density at radius 1 is 1.23 bits per heavy atom. The summed E-state index contributed by atoms with van der Waals surface area (Å²) in [7, 11) is 3.53. The van der Waals surface area contributed by atoms with E-state index < -0.39 is 0 Å². The summed E-state index contributed by atoms with van der Waals surface area (Å²) in [6, 6.07) is 0.0451. The van der Waals surface area contributed by atoms with Crippen molar-refractivity contribution in [2.45, 2.75) is 32.1 Å². The highest BCUT2D eigenvalue weighted by Gasteiger charge is 2.27. The van der Waals surface area contributed by atoms with Crippen molar-refractivity contribution in [3.8, 4) is 0 Å². The van der Waals surface area contributed by atoms with Crippen LogP contribution in [0.1, 0.15) is 32.1 Å². The van der Waals surface area contributed by atoms with E-state index in [0.717, 1.165) is 38.9 Å². The van der Waals surface area contributed by atoms with E-state index in [1.807, 2.05) is 4.90 Å². The first-order valence-corrected chi connectivity index (χ1v) is 8.52. The van der Waals surface area contributed by atoms with E-state index in [0.29, 0.717) is 19.0 Å². The van der Waals surface area contributed by atoms with E-state index in [2.05, 4.69) is 10.6 Å². The van der Waals surface area contributed by atoms with Crippen molar-refractivity contribution in [1.82, 2.24) is 20.4 Å². The molecule has 0 saturated carbocycles. The first-order chi connectivity index (χ1) is 10.6. The molecule has 0 aromatic heterocycles. The Morgan fingerprint density at radius 3 is 2.55 bits per heavy atom. The van der Waals surface area contributed by atoms with Gasteiger partial charge < -0.3 is 20.4 Å². The zero-order valence-corrected chi connectivity index (χ0v) is 13.9. The van der Waals surface area contributed by atoms with Crippen molar-refractivity contribution in [3.05, 3.63) is 0 Å². The Labute approximate surface area is 133 Å². The molecule has 2 N–H and O–H groups in total. The van der Waals surface area contributed by atoms with Gasteiger partial charge in [-0.1, -0.05) is 0 Å². The highest BCUT2D eigenvalue weighted by atomic mass is 16.2. The van der Waals surface area contributed by atoms with Crippen LogP contribution in [0.25, 0.3) is 0 Å². The molecule has 0 spiro atoms. The molecule has 3 amide bonds. The number of hydrogen-bond acceptors (Lipinski definition) is 3. The van der Waals surface area contributed by atoms with Gasteiger partial charge >= 0.3 is 6.03 Å². The van der Waals surface area contributed by atoms with E-state index in [1.165, 1.54) is 12.8 Å². The third-order valence-electron chi connectivity index (χ3n) is 4.77. The summed E-state index contributed by atoms with van der Waals surface area (Å²) in [5.41, 5.74) is 0. The van der Waals surface area contributed by atoms with Crippen LogP contribution in [0.2, 0.25) is 0 Å². The van der Waals surface area contributed by atoms with E-state index >= 15 is 0 Å². The number of likely N-dealkylation sites (tertiary alicyclic amines) is 1. The van der Waals surface area contributed by atoms with Gasteiger partial charge in [0.25, 0.3) is 0 Å². The van der Waals surface area contributed by atoms with Gasteiger partial charge in [-0.2, -0.15) is 0 Å². The molecule has 22 heavy (non-hydrogen) atoms. The largest absolute Gasteiger partial charge is 0.356 e. The Morgan fingerprint density at radius 2 is 1.95 bits per heavy atom. The lowest BCUT2D eigenvalue weighted by atomic mass is 9.94. The monoisotopic (exact) mass is 310 g/mol. The van der Waals surface area contributed by atoms with E-state index in [1.54, 1.807) is 19.0 Å². The van der Waals surface area contributed by atoms with E-state index in [9.17, 15) is 9.59 Å². The van der Waals surface area contributed by atoms with Crippen LogP contribution < -0.4 is 10.6 Å². The first-order valence-electron chi connectivity index (χ1n) is 8.52. The second kappa shape index (κ2) is 8.36. The molecule has 0 aromatic rings. The predicted molar refractivity (Wildman–Crippen MR) is 86.6 cm³/mol. The molecular formula is C16H30N4O2. The summed E-state index contributed by atoms with van der Waals surface area (Å²) >= 11 is 0. The van der Waals surface area contributed by atoms with Gasteiger partial charge in [0, 0.05) is 39.6 Å².